The topological polar surface area (TPSA) is 51.8 Å². The second kappa shape index (κ2) is 5.89. The van der Waals surface area contributed by atoms with Gasteiger partial charge in [-0.1, -0.05) is 6.92 Å². The normalized spacial score (nSPS) is 12.4. The lowest BCUT2D eigenvalue weighted by Crippen LogP contribution is -2.15. The average Bonchev–Trinajstić information content (AvgIpc) is 2.40. The molecule has 0 aliphatic rings. The van der Waals surface area contributed by atoms with E-state index in [2.05, 4.69) is 16.9 Å². The highest BCUT2D eigenvalue weighted by atomic mass is 19.1. The van der Waals surface area contributed by atoms with Crippen LogP contribution in [0.4, 0.5) is 4.39 Å². The first kappa shape index (κ1) is 13.6. The van der Waals surface area contributed by atoms with Crippen molar-refractivity contribution < 1.29 is 4.39 Å². The van der Waals surface area contributed by atoms with Gasteiger partial charge in [0.15, 0.2) is 0 Å². The summed E-state index contributed by atoms with van der Waals surface area (Å²) in [7, 11) is 0. The molecule has 2 rings (SSSR count). The summed E-state index contributed by atoms with van der Waals surface area (Å²) >= 11 is 0. The molecule has 0 amide bonds. The Morgan fingerprint density at radius 3 is 2.47 bits per heavy atom. The Labute approximate surface area is 112 Å². The Morgan fingerprint density at radius 1 is 1.21 bits per heavy atom. The monoisotopic (exact) mass is 259 g/mol. The van der Waals surface area contributed by atoms with Crippen LogP contribution in [0.2, 0.25) is 0 Å². The van der Waals surface area contributed by atoms with Crippen LogP contribution in [0.3, 0.4) is 0 Å². The van der Waals surface area contributed by atoms with Gasteiger partial charge in [0.05, 0.1) is 5.69 Å². The van der Waals surface area contributed by atoms with Crippen LogP contribution in [0.1, 0.15) is 30.8 Å². The van der Waals surface area contributed by atoms with Crippen molar-refractivity contribution in [3.05, 3.63) is 47.7 Å². The van der Waals surface area contributed by atoms with Crippen LogP contribution in [0.5, 0.6) is 0 Å². The molecule has 0 aliphatic carbocycles. The molecule has 0 bridgehead atoms. The summed E-state index contributed by atoms with van der Waals surface area (Å²) in [6.07, 6.45) is 0.906. The van der Waals surface area contributed by atoms with Crippen molar-refractivity contribution in [2.75, 3.05) is 6.54 Å². The van der Waals surface area contributed by atoms with Gasteiger partial charge in [-0.2, -0.15) is 0 Å². The minimum atomic E-state index is -0.247. The fourth-order valence-electron chi connectivity index (χ4n) is 2.00. The van der Waals surface area contributed by atoms with Crippen LogP contribution in [0.25, 0.3) is 11.3 Å². The van der Waals surface area contributed by atoms with Gasteiger partial charge in [-0.15, -0.1) is 0 Å². The Kier molecular flexibility index (Phi) is 4.22. The molecule has 1 aromatic carbocycles. The summed E-state index contributed by atoms with van der Waals surface area (Å²) in [4.78, 5) is 9.02. The minimum absolute atomic E-state index is 0.166. The first-order chi connectivity index (χ1) is 9.13. The van der Waals surface area contributed by atoms with E-state index in [-0.39, 0.29) is 11.7 Å². The van der Waals surface area contributed by atoms with Crippen molar-refractivity contribution in [3.8, 4) is 11.3 Å². The Morgan fingerprint density at radius 2 is 1.89 bits per heavy atom. The lowest BCUT2D eigenvalue weighted by atomic mass is 10.0. The number of aryl methyl sites for hydroxylation is 1. The average molecular weight is 259 g/mol. The van der Waals surface area contributed by atoms with Crippen LogP contribution in [0, 0.1) is 12.7 Å². The van der Waals surface area contributed by atoms with E-state index in [1.807, 2.05) is 13.0 Å². The second-order valence-corrected chi connectivity index (χ2v) is 4.60. The first-order valence-electron chi connectivity index (χ1n) is 6.45. The molecule has 100 valence electrons. The fraction of sp³-hybridized carbons (Fsp3) is 0.333. The third-order valence-electron chi connectivity index (χ3n) is 3.15. The van der Waals surface area contributed by atoms with Crippen molar-refractivity contribution in [1.82, 2.24) is 9.97 Å². The molecular weight excluding hydrogens is 241 g/mol. The number of nitrogens with zero attached hydrogens (tertiary/aromatic N) is 2. The second-order valence-electron chi connectivity index (χ2n) is 4.60. The maximum Gasteiger partial charge on any atom is 0.133 e. The van der Waals surface area contributed by atoms with E-state index in [0.29, 0.717) is 6.54 Å². The molecule has 3 nitrogen and oxygen atoms in total. The zero-order valence-corrected chi connectivity index (χ0v) is 11.2. The van der Waals surface area contributed by atoms with Crippen molar-refractivity contribution in [1.29, 1.82) is 0 Å². The van der Waals surface area contributed by atoms with Crippen molar-refractivity contribution in [2.24, 2.45) is 5.73 Å². The van der Waals surface area contributed by atoms with E-state index in [4.69, 9.17) is 5.73 Å². The van der Waals surface area contributed by atoms with Gasteiger partial charge in [0.2, 0.25) is 0 Å². The fourth-order valence-corrected chi connectivity index (χ4v) is 2.00. The quantitative estimate of drug-likeness (QED) is 0.918. The van der Waals surface area contributed by atoms with E-state index < -0.39 is 0 Å². The standard InChI is InChI=1S/C15H18FN3/c1-3-11(9-17)15-18-10(2)8-14(19-15)12-4-6-13(16)7-5-12/h4-8,11H,3,9,17H2,1-2H3. The molecule has 1 heterocycles. The molecule has 1 atom stereocenters. The summed E-state index contributed by atoms with van der Waals surface area (Å²) in [5.74, 6) is 0.687. The van der Waals surface area contributed by atoms with Gasteiger partial charge in [0.1, 0.15) is 11.6 Å². The van der Waals surface area contributed by atoms with Gasteiger partial charge in [-0.25, -0.2) is 14.4 Å². The first-order valence-corrected chi connectivity index (χ1v) is 6.45. The molecule has 0 saturated carbocycles. The highest BCUT2D eigenvalue weighted by molar-refractivity contribution is 5.59. The minimum Gasteiger partial charge on any atom is -0.330 e. The van der Waals surface area contributed by atoms with Crippen molar-refractivity contribution in [2.45, 2.75) is 26.2 Å². The van der Waals surface area contributed by atoms with E-state index in [0.717, 1.165) is 29.2 Å². The predicted molar refractivity (Wildman–Crippen MR) is 74.2 cm³/mol. The third-order valence-corrected chi connectivity index (χ3v) is 3.15. The van der Waals surface area contributed by atoms with Gasteiger partial charge in [-0.05, 0) is 43.7 Å². The largest absolute Gasteiger partial charge is 0.330 e. The zero-order chi connectivity index (χ0) is 13.8. The summed E-state index contributed by atoms with van der Waals surface area (Å²) in [6.45, 7) is 4.53. The number of nitrogens with two attached hydrogens (primary N) is 1. The van der Waals surface area contributed by atoms with Gasteiger partial charge < -0.3 is 5.73 Å². The third kappa shape index (κ3) is 3.15. The maximum atomic E-state index is 12.9. The molecule has 19 heavy (non-hydrogen) atoms. The lowest BCUT2D eigenvalue weighted by molar-refractivity contribution is 0.627. The lowest BCUT2D eigenvalue weighted by Gasteiger charge is -2.13. The molecule has 2 N–H and O–H groups in total. The van der Waals surface area contributed by atoms with Crippen molar-refractivity contribution >= 4 is 0 Å². The van der Waals surface area contributed by atoms with Gasteiger partial charge in [0, 0.05) is 23.7 Å². The van der Waals surface area contributed by atoms with Crippen LogP contribution in [-0.4, -0.2) is 16.5 Å². The number of benzene rings is 1. The number of hydrogen-bond donors (Lipinski definition) is 1. The Bertz CT molecular complexity index is 548. The van der Waals surface area contributed by atoms with E-state index >= 15 is 0 Å². The van der Waals surface area contributed by atoms with E-state index in [9.17, 15) is 4.39 Å². The van der Waals surface area contributed by atoms with Crippen LogP contribution < -0.4 is 5.73 Å². The summed E-state index contributed by atoms with van der Waals surface area (Å²) in [5.41, 5.74) is 8.35. The van der Waals surface area contributed by atoms with Gasteiger partial charge in [0.25, 0.3) is 0 Å². The molecule has 0 radical (unpaired) electrons. The molecule has 0 spiro atoms. The number of halogens is 1. The molecule has 0 saturated heterocycles. The Hall–Kier alpha value is -1.81. The number of rotatable bonds is 4. The zero-order valence-electron chi connectivity index (χ0n) is 11.2. The predicted octanol–water partition coefficient (Wildman–Crippen LogP) is 3.04. The van der Waals surface area contributed by atoms with Gasteiger partial charge in [-0.3, -0.25) is 0 Å². The Balaban J connectivity index is 2.44. The maximum absolute atomic E-state index is 12.9. The van der Waals surface area contributed by atoms with Gasteiger partial charge >= 0.3 is 0 Å². The molecular formula is C15H18FN3. The summed E-state index contributed by atoms with van der Waals surface area (Å²) in [5, 5.41) is 0. The molecule has 0 fully saturated rings. The summed E-state index contributed by atoms with van der Waals surface area (Å²) < 4.78 is 12.9. The number of hydrogen-bond acceptors (Lipinski definition) is 3. The van der Waals surface area contributed by atoms with Crippen molar-refractivity contribution in [3.63, 3.8) is 0 Å². The molecule has 1 aromatic heterocycles. The SMILES string of the molecule is CCC(CN)c1nc(C)cc(-c2ccc(F)cc2)n1. The highest BCUT2D eigenvalue weighted by Crippen LogP contribution is 2.21. The van der Waals surface area contributed by atoms with Crippen LogP contribution in [0.15, 0.2) is 30.3 Å². The molecule has 4 heteroatoms. The molecule has 2 aromatic rings. The number of aromatic nitrogens is 2. The molecule has 1 unspecified atom stereocenters. The van der Waals surface area contributed by atoms with E-state index in [1.54, 1.807) is 12.1 Å². The molecule has 0 aliphatic heterocycles. The smallest absolute Gasteiger partial charge is 0.133 e. The van der Waals surface area contributed by atoms with E-state index in [1.165, 1.54) is 12.1 Å². The van der Waals surface area contributed by atoms with Crippen LogP contribution in [-0.2, 0) is 0 Å². The summed E-state index contributed by atoms with van der Waals surface area (Å²) in [6, 6.07) is 8.23. The highest BCUT2D eigenvalue weighted by Gasteiger charge is 2.13. The van der Waals surface area contributed by atoms with Crippen LogP contribution >= 0.6 is 0 Å².